The van der Waals surface area contributed by atoms with Gasteiger partial charge in [-0.05, 0) is 24.5 Å². The first-order chi connectivity index (χ1) is 8.13. The molecule has 94 valence electrons. The largest absolute Gasteiger partial charge is 0.468 e. The van der Waals surface area contributed by atoms with Gasteiger partial charge in [-0.2, -0.15) is 0 Å². The Morgan fingerprint density at radius 3 is 2.76 bits per heavy atom. The quantitative estimate of drug-likeness (QED) is 0.765. The van der Waals surface area contributed by atoms with Crippen molar-refractivity contribution in [3.05, 3.63) is 30.1 Å². The highest BCUT2D eigenvalue weighted by molar-refractivity contribution is 5.75. The number of esters is 1. The van der Waals surface area contributed by atoms with Crippen molar-refractivity contribution in [3.8, 4) is 0 Å². The van der Waals surface area contributed by atoms with E-state index in [2.05, 4.69) is 24.1 Å². The lowest BCUT2D eigenvalue weighted by Gasteiger charge is -2.17. The zero-order chi connectivity index (χ0) is 12.7. The van der Waals surface area contributed by atoms with Gasteiger partial charge in [-0.25, -0.2) is 0 Å². The Morgan fingerprint density at radius 1 is 1.47 bits per heavy atom. The Kier molecular flexibility index (Phi) is 5.63. The maximum atomic E-state index is 11.6. The van der Waals surface area contributed by atoms with Crippen LogP contribution in [0.5, 0.6) is 0 Å². The molecule has 1 N–H and O–H groups in total. The van der Waals surface area contributed by atoms with Gasteiger partial charge in [-0.15, -0.1) is 0 Å². The number of methoxy groups -OCH3 is 1. The molecule has 0 unspecified atom stereocenters. The Balaban J connectivity index is 2.52. The van der Waals surface area contributed by atoms with Crippen molar-refractivity contribution in [2.24, 2.45) is 5.92 Å². The minimum atomic E-state index is -0.262. The van der Waals surface area contributed by atoms with E-state index < -0.39 is 0 Å². The van der Waals surface area contributed by atoms with Crippen LogP contribution in [0.25, 0.3) is 0 Å². The van der Waals surface area contributed by atoms with Gasteiger partial charge in [0.2, 0.25) is 0 Å². The Hall–Kier alpha value is -1.42. The minimum absolute atomic E-state index is 0.213. The summed E-state index contributed by atoms with van der Waals surface area (Å²) in [5, 5.41) is 3.18. The van der Waals surface area contributed by atoms with Crippen LogP contribution in [0.1, 0.15) is 26.0 Å². The molecule has 0 aliphatic rings. The smallest absolute Gasteiger partial charge is 0.322 e. The van der Waals surface area contributed by atoms with Gasteiger partial charge in [0.25, 0.3) is 0 Å². The molecule has 17 heavy (non-hydrogen) atoms. The minimum Gasteiger partial charge on any atom is -0.468 e. The lowest BCUT2D eigenvalue weighted by Crippen LogP contribution is -2.38. The summed E-state index contributed by atoms with van der Waals surface area (Å²) in [7, 11) is 1.41. The van der Waals surface area contributed by atoms with E-state index in [1.54, 1.807) is 6.20 Å². The van der Waals surface area contributed by atoms with Gasteiger partial charge in [0.1, 0.15) is 6.04 Å². The second kappa shape index (κ2) is 7.01. The molecule has 0 bridgehead atoms. The van der Waals surface area contributed by atoms with Crippen LogP contribution >= 0.6 is 0 Å². The molecule has 4 nitrogen and oxygen atoms in total. The molecule has 1 atom stereocenters. The highest BCUT2D eigenvalue weighted by atomic mass is 16.5. The first kappa shape index (κ1) is 13.6. The average molecular weight is 236 g/mol. The van der Waals surface area contributed by atoms with Gasteiger partial charge >= 0.3 is 5.97 Å². The summed E-state index contributed by atoms with van der Waals surface area (Å²) in [6.07, 6.45) is 2.51. The predicted molar refractivity (Wildman–Crippen MR) is 66.3 cm³/mol. The van der Waals surface area contributed by atoms with E-state index in [4.69, 9.17) is 4.74 Å². The van der Waals surface area contributed by atoms with Crippen LogP contribution in [-0.2, 0) is 16.1 Å². The average Bonchev–Trinajstić information content (AvgIpc) is 2.34. The van der Waals surface area contributed by atoms with E-state index >= 15 is 0 Å². The van der Waals surface area contributed by atoms with Gasteiger partial charge in [0.15, 0.2) is 0 Å². The molecule has 1 aromatic rings. The number of hydrogen-bond donors (Lipinski definition) is 1. The molecule has 0 spiro atoms. The fourth-order valence-electron chi connectivity index (χ4n) is 1.61. The van der Waals surface area contributed by atoms with Crippen molar-refractivity contribution >= 4 is 5.97 Å². The molecule has 1 rings (SSSR count). The first-order valence-corrected chi connectivity index (χ1v) is 5.84. The lowest BCUT2D eigenvalue weighted by atomic mass is 10.0. The number of rotatable bonds is 6. The third-order valence-electron chi connectivity index (χ3n) is 2.45. The second-order valence-corrected chi connectivity index (χ2v) is 4.41. The number of pyridine rings is 1. The lowest BCUT2D eigenvalue weighted by molar-refractivity contribution is -0.143. The van der Waals surface area contributed by atoms with Crippen molar-refractivity contribution in [3.63, 3.8) is 0 Å². The fourth-order valence-corrected chi connectivity index (χ4v) is 1.61. The standard InChI is InChI=1S/C13H20N2O2/c1-10(2)8-12(13(16)17-3)15-9-11-6-4-5-7-14-11/h4-7,10,12,15H,8-9H2,1-3H3/t12-/m0/s1. The van der Waals surface area contributed by atoms with Crippen molar-refractivity contribution in [1.82, 2.24) is 10.3 Å². The molecule has 0 amide bonds. The van der Waals surface area contributed by atoms with E-state index in [0.717, 1.165) is 12.1 Å². The highest BCUT2D eigenvalue weighted by Crippen LogP contribution is 2.07. The topological polar surface area (TPSA) is 51.2 Å². The normalized spacial score (nSPS) is 12.5. The molecule has 4 heteroatoms. The van der Waals surface area contributed by atoms with Crippen LogP contribution in [0, 0.1) is 5.92 Å². The van der Waals surface area contributed by atoms with E-state index in [9.17, 15) is 4.79 Å². The van der Waals surface area contributed by atoms with Gasteiger partial charge in [-0.1, -0.05) is 19.9 Å². The van der Waals surface area contributed by atoms with Crippen molar-refractivity contribution in [2.45, 2.75) is 32.9 Å². The number of nitrogens with one attached hydrogen (secondary N) is 1. The number of carbonyl (C=O) groups excluding carboxylic acids is 1. The molecule has 0 radical (unpaired) electrons. The van der Waals surface area contributed by atoms with Gasteiger partial charge in [0, 0.05) is 12.7 Å². The molecule has 1 aromatic heterocycles. The number of aromatic nitrogens is 1. The monoisotopic (exact) mass is 236 g/mol. The third kappa shape index (κ3) is 4.95. The number of hydrogen-bond acceptors (Lipinski definition) is 4. The Bertz CT molecular complexity index is 339. The Labute approximate surface area is 102 Å². The van der Waals surface area contributed by atoms with E-state index in [1.165, 1.54) is 7.11 Å². The zero-order valence-corrected chi connectivity index (χ0v) is 10.6. The van der Waals surface area contributed by atoms with Crippen LogP contribution in [0.4, 0.5) is 0 Å². The molecule has 0 aliphatic heterocycles. The molecular formula is C13H20N2O2. The summed E-state index contributed by atoms with van der Waals surface area (Å²) >= 11 is 0. The van der Waals surface area contributed by atoms with Crippen molar-refractivity contribution in [2.75, 3.05) is 7.11 Å². The number of nitrogens with zero attached hydrogens (tertiary/aromatic N) is 1. The van der Waals surface area contributed by atoms with Crippen LogP contribution in [0.15, 0.2) is 24.4 Å². The summed E-state index contributed by atoms with van der Waals surface area (Å²) in [5.74, 6) is 0.227. The summed E-state index contributed by atoms with van der Waals surface area (Å²) in [6.45, 7) is 4.74. The summed E-state index contributed by atoms with van der Waals surface area (Å²) in [4.78, 5) is 15.8. The van der Waals surface area contributed by atoms with Crippen LogP contribution in [0.2, 0.25) is 0 Å². The SMILES string of the molecule is COC(=O)[C@H](CC(C)C)NCc1ccccn1. The second-order valence-electron chi connectivity index (χ2n) is 4.41. The van der Waals surface area contributed by atoms with Crippen LogP contribution < -0.4 is 5.32 Å². The molecule has 0 aromatic carbocycles. The molecule has 1 heterocycles. The first-order valence-electron chi connectivity index (χ1n) is 5.84. The van der Waals surface area contributed by atoms with Gasteiger partial charge < -0.3 is 4.74 Å². The van der Waals surface area contributed by atoms with E-state index in [-0.39, 0.29) is 12.0 Å². The molecule has 0 saturated carbocycles. The molecule has 0 fully saturated rings. The van der Waals surface area contributed by atoms with Crippen LogP contribution in [-0.4, -0.2) is 24.1 Å². The van der Waals surface area contributed by atoms with E-state index in [0.29, 0.717) is 12.5 Å². The summed E-state index contributed by atoms with van der Waals surface area (Å²) < 4.78 is 4.78. The molecule has 0 aliphatic carbocycles. The predicted octanol–water partition coefficient (Wildman–Crippen LogP) is 1.76. The molecule has 0 saturated heterocycles. The fraction of sp³-hybridized carbons (Fsp3) is 0.538. The highest BCUT2D eigenvalue weighted by Gasteiger charge is 2.19. The third-order valence-corrected chi connectivity index (χ3v) is 2.45. The maximum absolute atomic E-state index is 11.6. The number of carbonyl (C=O) groups is 1. The van der Waals surface area contributed by atoms with Crippen molar-refractivity contribution in [1.29, 1.82) is 0 Å². The summed E-state index contributed by atoms with van der Waals surface area (Å²) in [6, 6.07) is 5.47. The zero-order valence-electron chi connectivity index (χ0n) is 10.6. The Morgan fingerprint density at radius 2 is 2.24 bits per heavy atom. The maximum Gasteiger partial charge on any atom is 0.322 e. The van der Waals surface area contributed by atoms with Gasteiger partial charge in [-0.3, -0.25) is 15.1 Å². The summed E-state index contributed by atoms with van der Waals surface area (Å²) in [5.41, 5.74) is 0.921. The van der Waals surface area contributed by atoms with E-state index in [1.807, 2.05) is 18.2 Å². The van der Waals surface area contributed by atoms with Crippen molar-refractivity contribution < 1.29 is 9.53 Å². The molecular weight excluding hydrogens is 216 g/mol. The van der Waals surface area contributed by atoms with Crippen LogP contribution in [0.3, 0.4) is 0 Å². The van der Waals surface area contributed by atoms with Gasteiger partial charge in [0.05, 0.1) is 12.8 Å². The number of ether oxygens (including phenoxy) is 1.